The molecule has 3 N–H and O–H groups in total. The third kappa shape index (κ3) is 4.19. The minimum Gasteiger partial charge on any atom is -0.429 e. The van der Waals surface area contributed by atoms with Crippen LogP contribution in [-0.2, 0) is 0 Å². The molecule has 3 rings (SSSR count). The van der Waals surface area contributed by atoms with Gasteiger partial charge in [-0.05, 0) is 30.3 Å². The number of hydrogen-bond donors (Lipinski definition) is 2. The number of carbonyl (C=O) groups excluding carboxylic acids is 1. The van der Waals surface area contributed by atoms with Gasteiger partial charge in [-0.2, -0.15) is 0 Å². The van der Waals surface area contributed by atoms with E-state index in [2.05, 4.69) is 10.3 Å². The average molecular weight is 377 g/mol. The quantitative estimate of drug-likeness (QED) is 0.700. The number of urea groups is 1. The van der Waals surface area contributed by atoms with Crippen LogP contribution in [0, 0.1) is 0 Å². The molecule has 0 radical (unpaired) electrons. The molecule has 3 aromatic rings. The Hall–Kier alpha value is -2.35. The Labute approximate surface area is 154 Å². The van der Waals surface area contributed by atoms with E-state index in [4.69, 9.17) is 22.1 Å². The van der Waals surface area contributed by atoms with E-state index in [9.17, 15) is 4.79 Å². The van der Waals surface area contributed by atoms with Crippen molar-refractivity contribution in [1.82, 2.24) is 9.88 Å². The molecule has 2 amide bonds. The maximum absolute atomic E-state index is 12.0. The molecule has 0 bridgehead atoms. The number of nitrogens with zero attached hydrogens (tertiary/aromatic N) is 2. The van der Waals surface area contributed by atoms with Crippen LogP contribution in [0.2, 0.25) is 5.02 Å². The van der Waals surface area contributed by atoms with Crippen molar-refractivity contribution in [2.45, 2.75) is 0 Å². The van der Waals surface area contributed by atoms with Crippen LogP contribution in [0.5, 0.6) is 10.9 Å². The third-order valence-corrected chi connectivity index (χ3v) is 4.68. The van der Waals surface area contributed by atoms with Crippen LogP contribution in [0.15, 0.2) is 42.5 Å². The molecule has 0 aliphatic carbocycles. The monoisotopic (exact) mass is 376 g/mol. The van der Waals surface area contributed by atoms with E-state index in [1.54, 1.807) is 25.2 Å². The number of ether oxygens (including phenoxy) is 1. The standard InChI is InChI=1S/C17H17ClN4O2S/c1-22(9-8-19)16(23)20-11-6-7-14(12(18)10-11)24-17-21-13-4-2-3-5-15(13)25-17/h2-7,10H,8-9,19H2,1H3,(H,20,23). The van der Waals surface area contributed by atoms with E-state index >= 15 is 0 Å². The summed E-state index contributed by atoms with van der Waals surface area (Å²) >= 11 is 7.71. The summed E-state index contributed by atoms with van der Waals surface area (Å²) in [7, 11) is 1.68. The number of aromatic nitrogens is 1. The molecule has 8 heteroatoms. The summed E-state index contributed by atoms with van der Waals surface area (Å²) in [5.74, 6) is 0.481. The number of likely N-dealkylation sites (N-methyl/N-ethyl adjacent to an activating group) is 1. The summed E-state index contributed by atoms with van der Waals surface area (Å²) in [6.45, 7) is 0.873. The van der Waals surface area contributed by atoms with Gasteiger partial charge in [0.05, 0.1) is 15.2 Å². The lowest BCUT2D eigenvalue weighted by molar-refractivity contribution is 0.223. The molecule has 1 heterocycles. The summed E-state index contributed by atoms with van der Waals surface area (Å²) < 4.78 is 6.82. The molecule has 0 unspecified atom stereocenters. The number of amides is 2. The SMILES string of the molecule is CN(CCN)C(=O)Nc1ccc(Oc2nc3ccccc3s2)c(Cl)c1. The fourth-order valence-electron chi connectivity index (χ4n) is 2.16. The van der Waals surface area contributed by atoms with Gasteiger partial charge in [-0.1, -0.05) is 35.1 Å². The van der Waals surface area contributed by atoms with Crippen molar-refractivity contribution in [3.8, 4) is 10.9 Å². The van der Waals surface area contributed by atoms with E-state index in [1.807, 2.05) is 24.3 Å². The van der Waals surface area contributed by atoms with Crippen molar-refractivity contribution in [2.24, 2.45) is 5.73 Å². The Kier molecular flexibility index (Phi) is 5.37. The van der Waals surface area contributed by atoms with E-state index in [1.165, 1.54) is 16.2 Å². The Bertz CT molecular complexity index is 866. The molecule has 6 nitrogen and oxygen atoms in total. The second-order valence-corrected chi connectivity index (χ2v) is 6.74. The van der Waals surface area contributed by atoms with Crippen LogP contribution in [0.1, 0.15) is 0 Å². The number of nitrogens with two attached hydrogens (primary N) is 1. The average Bonchev–Trinajstić information content (AvgIpc) is 3.00. The van der Waals surface area contributed by atoms with Crippen LogP contribution in [0.25, 0.3) is 10.2 Å². The maximum Gasteiger partial charge on any atom is 0.321 e. The highest BCUT2D eigenvalue weighted by Crippen LogP contribution is 2.35. The van der Waals surface area contributed by atoms with Crippen molar-refractivity contribution in [2.75, 3.05) is 25.5 Å². The highest BCUT2D eigenvalue weighted by atomic mass is 35.5. The van der Waals surface area contributed by atoms with Crippen LogP contribution in [-0.4, -0.2) is 36.1 Å². The first-order valence-corrected chi connectivity index (χ1v) is 8.81. The normalized spacial score (nSPS) is 10.7. The van der Waals surface area contributed by atoms with Crippen LogP contribution in [0.3, 0.4) is 0 Å². The number of thiazole rings is 1. The van der Waals surface area contributed by atoms with Crippen molar-refractivity contribution in [3.63, 3.8) is 0 Å². The van der Waals surface area contributed by atoms with Gasteiger partial charge in [0.1, 0.15) is 5.75 Å². The Morgan fingerprint density at radius 3 is 2.88 bits per heavy atom. The highest BCUT2D eigenvalue weighted by Gasteiger charge is 2.11. The molecule has 1 aromatic heterocycles. The predicted molar refractivity (Wildman–Crippen MR) is 102 cm³/mol. The summed E-state index contributed by atoms with van der Waals surface area (Å²) in [5, 5.41) is 3.66. The molecule has 0 aliphatic rings. The molecule has 0 aliphatic heterocycles. The lowest BCUT2D eigenvalue weighted by atomic mass is 10.3. The molecule has 0 saturated heterocycles. The number of nitrogens with one attached hydrogen (secondary N) is 1. The zero-order chi connectivity index (χ0) is 17.8. The van der Waals surface area contributed by atoms with Gasteiger partial charge in [0, 0.05) is 25.8 Å². The van der Waals surface area contributed by atoms with E-state index < -0.39 is 0 Å². The maximum atomic E-state index is 12.0. The molecule has 130 valence electrons. The fourth-order valence-corrected chi connectivity index (χ4v) is 3.21. The van der Waals surface area contributed by atoms with Gasteiger partial charge in [-0.25, -0.2) is 9.78 Å². The molecule has 0 saturated carbocycles. The van der Waals surface area contributed by atoms with Gasteiger partial charge in [-0.15, -0.1) is 0 Å². The summed E-state index contributed by atoms with van der Waals surface area (Å²) in [4.78, 5) is 17.9. The zero-order valence-corrected chi connectivity index (χ0v) is 15.1. The van der Waals surface area contributed by atoms with E-state index in [-0.39, 0.29) is 6.03 Å². The fraction of sp³-hybridized carbons (Fsp3) is 0.176. The summed E-state index contributed by atoms with van der Waals surface area (Å²) in [6.07, 6.45) is 0. The van der Waals surface area contributed by atoms with Crippen LogP contribution < -0.4 is 15.8 Å². The van der Waals surface area contributed by atoms with Gasteiger partial charge in [0.25, 0.3) is 5.19 Å². The number of rotatable bonds is 5. The largest absolute Gasteiger partial charge is 0.429 e. The van der Waals surface area contributed by atoms with Gasteiger partial charge >= 0.3 is 6.03 Å². The highest BCUT2D eigenvalue weighted by molar-refractivity contribution is 7.20. The topological polar surface area (TPSA) is 80.5 Å². The number of fused-ring (bicyclic) bond motifs is 1. The molecular formula is C17H17ClN4O2S. The van der Waals surface area contributed by atoms with Crippen LogP contribution in [0.4, 0.5) is 10.5 Å². The first-order chi connectivity index (χ1) is 12.1. The second-order valence-electron chi connectivity index (χ2n) is 5.34. The number of para-hydroxylation sites is 1. The number of halogens is 1. The van der Waals surface area contributed by atoms with E-state index in [0.717, 1.165) is 10.2 Å². The minimum absolute atomic E-state index is 0.249. The van der Waals surface area contributed by atoms with Gasteiger partial charge in [-0.3, -0.25) is 0 Å². The molecule has 0 atom stereocenters. The minimum atomic E-state index is -0.249. The van der Waals surface area contributed by atoms with Crippen molar-refractivity contribution >= 4 is 44.9 Å². The number of hydrogen-bond acceptors (Lipinski definition) is 5. The first kappa shape index (κ1) is 17.5. The molecule has 25 heavy (non-hydrogen) atoms. The predicted octanol–water partition coefficient (Wildman–Crippen LogP) is 4.16. The van der Waals surface area contributed by atoms with Crippen molar-refractivity contribution in [3.05, 3.63) is 47.5 Å². The molecule has 0 fully saturated rings. The van der Waals surface area contributed by atoms with Gasteiger partial charge in [0.15, 0.2) is 0 Å². The molecule has 0 spiro atoms. The number of anilines is 1. The number of benzene rings is 2. The Morgan fingerprint density at radius 2 is 2.16 bits per heavy atom. The lowest BCUT2D eigenvalue weighted by Gasteiger charge is -2.17. The van der Waals surface area contributed by atoms with Crippen molar-refractivity contribution < 1.29 is 9.53 Å². The molecular weight excluding hydrogens is 360 g/mol. The second kappa shape index (κ2) is 7.69. The van der Waals surface area contributed by atoms with E-state index in [0.29, 0.717) is 34.7 Å². The van der Waals surface area contributed by atoms with Gasteiger partial charge < -0.3 is 20.7 Å². The molecule has 2 aromatic carbocycles. The van der Waals surface area contributed by atoms with Crippen LogP contribution >= 0.6 is 22.9 Å². The zero-order valence-electron chi connectivity index (χ0n) is 13.5. The smallest absolute Gasteiger partial charge is 0.321 e. The third-order valence-electron chi connectivity index (χ3n) is 3.47. The summed E-state index contributed by atoms with van der Waals surface area (Å²) in [5.41, 5.74) is 6.90. The number of carbonyl (C=O) groups is 1. The summed E-state index contributed by atoms with van der Waals surface area (Å²) in [6, 6.07) is 12.6. The Morgan fingerprint density at radius 1 is 1.36 bits per heavy atom. The van der Waals surface area contributed by atoms with Crippen molar-refractivity contribution in [1.29, 1.82) is 0 Å². The van der Waals surface area contributed by atoms with Gasteiger partial charge in [0.2, 0.25) is 0 Å². The first-order valence-electron chi connectivity index (χ1n) is 7.62. The Balaban J connectivity index is 1.72. The lowest BCUT2D eigenvalue weighted by Crippen LogP contribution is -2.35.